The molecule has 0 amide bonds. The first-order valence-corrected chi connectivity index (χ1v) is 4.72. The van der Waals surface area contributed by atoms with Gasteiger partial charge in [0.15, 0.2) is 5.41 Å². The Bertz CT molecular complexity index is 253. The van der Waals surface area contributed by atoms with Crippen molar-refractivity contribution in [1.29, 1.82) is 0 Å². The topological polar surface area (TPSA) is 89.6 Å². The summed E-state index contributed by atoms with van der Waals surface area (Å²) in [7, 11) is 0. The number of esters is 1. The summed E-state index contributed by atoms with van der Waals surface area (Å²) in [5.74, 6) is -1.86. The Morgan fingerprint density at radius 2 is 2.21 bits per heavy atom. The third-order valence-electron chi connectivity index (χ3n) is 2.49. The molecule has 1 saturated carbocycles. The van der Waals surface area contributed by atoms with Gasteiger partial charge in [-0.25, -0.2) is 0 Å². The summed E-state index contributed by atoms with van der Waals surface area (Å²) >= 11 is 0. The normalized spacial score (nSPS) is 29.7. The van der Waals surface area contributed by atoms with Crippen LogP contribution in [0.15, 0.2) is 0 Å². The fourth-order valence-electron chi connectivity index (χ4n) is 1.29. The van der Waals surface area contributed by atoms with Gasteiger partial charge in [0.1, 0.15) is 0 Å². The van der Waals surface area contributed by atoms with E-state index in [-0.39, 0.29) is 13.0 Å². The number of carbonyl (C=O) groups is 2. The average molecular weight is 201 g/mol. The van der Waals surface area contributed by atoms with Crippen LogP contribution in [0.25, 0.3) is 0 Å². The van der Waals surface area contributed by atoms with Crippen molar-refractivity contribution in [2.45, 2.75) is 32.2 Å². The summed E-state index contributed by atoms with van der Waals surface area (Å²) in [5, 5.41) is 8.82. The fourth-order valence-corrected chi connectivity index (χ4v) is 1.29. The molecule has 80 valence electrons. The third kappa shape index (κ3) is 1.72. The molecule has 0 radical (unpaired) electrons. The smallest absolute Gasteiger partial charge is 0.325 e. The van der Waals surface area contributed by atoms with E-state index in [9.17, 15) is 9.59 Å². The van der Waals surface area contributed by atoms with E-state index in [2.05, 4.69) is 0 Å². The predicted molar refractivity (Wildman–Crippen MR) is 48.5 cm³/mol. The first-order valence-electron chi connectivity index (χ1n) is 4.72. The van der Waals surface area contributed by atoms with Gasteiger partial charge in [0, 0.05) is 6.04 Å². The number of unbranched alkanes of at least 4 members (excludes halogenated alkanes) is 1. The second-order valence-corrected chi connectivity index (χ2v) is 3.58. The summed E-state index contributed by atoms with van der Waals surface area (Å²) in [6.45, 7) is 2.24. The Morgan fingerprint density at radius 1 is 1.64 bits per heavy atom. The zero-order chi connectivity index (χ0) is 10.8. The SMILES string of the molecule is CCCCOC(=O)C1(C(=O)O)CC1N. The van der Waals surface area contributed by atoms with Crippen molar-refractivity contribution in [2.24, 2.45) is 11.1 Å². The molecule has 14 heavy (non-hydrogen) atoms. The lowest BCUT2D eigenvalue weighted by Gasteiger charge is -2.10. The van der Waals surface area contributed by atoms with E-state index in [4.69, 9.17) is 15.6 Å². The molecule has 0 spiro atoms. The number of nitrogens with two attached hydrogens (primary N) is 1. The fraction of sp³-hybridized carbons (Fsp3) is 0.778. The van der Waals surface area contributed by atoms with Crippen molar-refractivity contribution in [3.63, 3.8) is 0 Å². The van der Waals surface area contributed by atoms with E-state index in [1.165, 1.54) is 0 Å². The van der Waals surface area contributed by atoms with E-state index in [0.717, 1.165) is 12.8 Å². The Morgan fingerprint density at radius 3 is 2.57 bits per heavy atom. The standard InChI is InChI=1S/C9H15NO4/c1-2-3-4-14-8(13)9(7(11)12)5-6(9)10/h6H,2-5,10H2,1H3,(H,11,12). The minimum Gasteiger partial charge on any atom is -0.480 e. The second kappa shape index (κ2) is 3.96. The van der Waals surface area contributed by atoms with Crippen LogP contribution in [0.4, 0.5) is 0 Å². The summed E-state index contributed by atoms with van der Waals surface area (Å²) in [5.41, 5.74) is 3.98. The Kier molecular flexibility index (Phi) is 3.10. The van der Waals surface area contributed by atoms with E-state index >= 15 is 0 Å². The first kappa shape index (κ1) is 11.0. The Labute approximate surface area is 82.2 Å². The van der Waals surface area contributed by atoms with Crippen LogP contribution in [0.5, 0.6) is 0 Å². The van der Waals surface area contributed by atoms with E-state index < -0.39 is 23.4 Å². The highest BCUT2D eigenvalue weighted by molar-refractivity contribution is 6.03. The van der Waals surface area contributed by atoms with Gasteiger partial charge >= 0.3 is 11.9 Å². The minimum absolute atomic E-state index is 0.188. The predicted octanol–water partition coefficient (Wildman–Crippen LogP) is 0.132. The molecule has 0 aromatic rings. The number of ether oxygens (including phenoxy) is 1. The van der Waals surface area contributed by atoms with Crippen LogP contribution >= 0.6 is 0 Å². The van der Waals surface area contributed by atoms with Gasteiger partial charge in [-0.3, -0.25) is 9.59 Å². The lowest BCUT2D eigenvalue weighted by Crippen LogP contribution is -2.33. The lowest BCUT2D eigenvalue weighted by molar-refractivity contribution is -0.161. The number of hydrogen-bond acceptors (Lipinski definition) is 4. The van der Waals surface area contributed by atoms with Gasteiger partial charge in [-0.1, -0.05) is 13.3 Å². The molecule has 1 aliphatic rings. The number of hydrogen-bond donors (Lipinski definition) is 2. The molecule has 0 aromatic heterocycles. The average Bonchev–Trinajstić information content (AvgIpc) is 2.79. The van der Waals surface area contributed by atoms with Crippen molar-refractivity contribution in [1.82, 2.24) is 0 Å². The second-order valence-electron chi connectivity index (χ2n) is 3.58. The van der Waals surface area contributed by atoms with Crippen LogP contribution in [-0.4, -0.2) is 29.7 Å². The molecule has 1 rings (SSSR count). The van der Waals surface area contributed by atoms with Crippen molar-refractivity contribution >= 4 is 11.9 Å². The zero-order valence-corrected chi connectivity index (χ0v) is 8.16. The van der Waals surface area contributed by atoms with Gasteiger partial charge in [-0.05, 0) is 12.8 Å². The highest BCUT2D eigenvalue weighted by Crippen LogP contribution is 2.45. The van der Waals surface area contributed by atoms with Crippen LogP contribution in [-0.2, 0) is 14.3 Å². The molecule has 1 aliphatic carbocycles. The van der Waals surface area contributed by atoms with Gasteiger partial charge in [0.25, 0.3) is 0 Å². The molecule has 2 atom stereocenters. The molecule has 5 heteroatoms. The maximum atomic E-state index is 11.4. The third-order valence-corrected chi connectivity index (χ3v) is 2.49. The molecule has 3 N–H and O–H groups in total. The van der Waals surface area contributed by atoms with E-state index in [1.54, 1.807) is 0 Å². The summed E-state index contributed by atoms with van der Waals surface area (Å²) in [6.07, 6.45) is 1.84. The monoisotopic (exact) mass is 201 g/mol. The quantitative estimate of drug-likeness (QED) is 0.375. The summed E-state index contributed by atoms with van der Waals surface area (Å²) in [4.78, 5) is 22.2. The van der Waals surface area contributed by atoms with E-state index in [0.29, 0.717) is 0 Å². The highest BCUT2D eigenvalue weighted by Gasteiger charge is 2.66. The molecule has 2 unspecified atom stereocenters. The van der Waals surface area contributed by atoms with Crippen molar-refractivity contribution < 1.29 is 19.4 Å². The molecule has 0 aromatic carbocycles. The first-order chi connectivity index (χ1) is 6.55. The lowest BCUT2D eigenvalue weighted by atomic mass is 10.1. The van der Waals surface area contributed by atoms with Crippen LogP contribution in [0.3, 0.4) is 0 Å². The number of carboxylic acids is 1. The van der Waals surface area contributed by atoms with Crippen LogP contribution in [0.1, 0.15) is 26.2 Å². The molecule has 5 nitrogen and oxygen atoms in total. The zero-order valence-electron chi connectivity index (χ0n) is 8.16. The minimum atomic E-state index is -1.45. The summed E-state index contributed by atoms with van der Waals surface area (Å²) < 4.78 is 4.84. The summed E-state index contributed by atoms with van der Waals surface area (Å²) in [6, 6.07) is -0.589. The van der Waals surface area contributed by atoms with E-state index in [1.807, 2.05) is 6.92 Å². The maximum absolute atomic E-state index is 11.4. The number of aliphatic carboxylic acids is 1. The van der Waals surface area contributed by atoms with Crippen LogP contribution in [0.2, 0.25) is 0 Å². The molecule has 0 bridgehead atoms. The van der Waals surface area contributed by atoms with Gasteiger partial charge in [-0.2, -0.15) is 0 Å². The number of carboxylic acid groups (broad SMARTS) is 1. The maximum Gasteiger partial charge on any atom is 0.325 e. The van der Waals surface area contributed by atoms with Crippen molar-refractivity contribution in [2.75, 3.05) is 6.61 Å². The van der Waals surface area contributed by atoms with Gasteiger partial charge in [-0.15, -0.1) is 0 Å². The molecule has 0 aliphatic heterocycles. The Balaban J connectivity index is 2.47. The van der Waals surface area contributed by atoms with Gasteiger partial charge in [0.2, 0.25) is 0 Å². The van der Waals surface area contributed by atoms with Crippen molar-refractivity contribution in [3.05, 3.63) is 0 Å². The molecular formula is C9H15NO4. The molecular weight excluding hydrogens is 186 g/mol. The van der Waals surface area contributed by atoms with Crippen molar-refractivity contribution in [3.8, 4) is 0 Å². The van der Waals surface area contributed by atoms with Gasteiger partial charge in [0.05, 0.1) is 6.61 Å². The molecule has 0 saturated heterocycles. The Hall–Kier alpha value is -1.10. The number of carbonyl (C=O) groups excluding carboxylic acids is 1. The molecule has 1 fully saturated rings. The van der Waals surface area contributed by atoms with Crippen LogP contribution < -0.4 is 5.73 Å². The molecule has 0 heterocycles. The largest absolute Gasteiger partial charge is 0.480 e. The van der Waals surface area contributed by atoms with Crippen LogP contribution in [0, 0.1) is 5.41 Å². The number of rotatable bonds is 5. The highest BCUT2D eigenvalue weighted by atomic mass is 16.5. The van der Waals surface area contributed by atoms with Gasteiger partial charge < -0.3 is 15.6 Å².